The van der Waals surface area contributed by atoms with Crippen molar-refractivity contribution in [3.8, 4) is 0 Å². The minimum absolute atomic E-state index is 0.275. The van der Waals surface area contributed by atoms with Crippen molar-refractivity contribution in [2.75, 3.05) is 0 Å². The van der Waals surface area contributed by atoms with Crippen LogP contribution in [-0.2, 0) is 11.2 Å². The lowest BCUT2D eigenvalue weighted by Gasteiger charge is -2.32. The summed E-state index contributed by atoms with van der Waals surface area (Å²) in [6, 6.07) is 19.2. The number of hydrogen-bond donors (Lipinski definition) is 0. The molecular formula is C21H20O. The van der Waals surface area contributed by atoms with Gasteiger partial charge >= 0.3 is 0 Å². The van der Waals surface area contributed by atoms with Crippen molar-refractivity contribution in [3.05, 3.63) is 77.4 Å². The SMILES string of the molecule is O=C1C=C2c3ccccc3CCC[C@H]2[C@@H](c2ccccc2)C1. The molecule has 0 radical (unpaired) electrons. The first kappa shape index (κ1) is 13.5. The Hall–Kier alpha value is -2.15. The minimum atomic E-state index is 0.275. The summed E-state index contributed by atoms with van der Waals surface area (Å²) in [7, 11) is 0. The van der Waals surface area contributed by atoms with Crippen molar-refractivity contribution >= 4 is 11.4 Å². The molecular weight excluding hydrogens is 268 g/mol. The number of aryl methyl sites for hydroxylation is 1. The lowest BCUT2D eigenvalue weighted by molar-refractivity contribution is -0.115. The summed E-state index contributed by atoms with van der Waals surface area (Å²) in [4.78, 5) is 12.3. The second kappa shape index (κ2) is 5.57. The first-order valence-electron chi connectivity index (χ1n) is 8.20. The molecule has 0 saturated heterocycles. The van der Waals surface area contributed by atoms with E-state index in [1.165, 1.54) is 35.1 Å². The zero-order valence-electron chi connectivity index (χ0n) is 12.7. The second-order valence-corrected chi connectivity index (χ2v) is 6.44. The van der Waals surface area contributed by atoms with Gasteiger partial charge < -0.3 is 0 Å². The fourth-order valence-electron chi connectivity index (χ4n) is 4.13. The van der Waals surface area contributed by atoms with Gasteiger partial charge in [-0.3, -0.25) is 4.79 Å². The van der Waals surface area contributed by atoms with Crippen LogP contribution in [0.5, 0.6) is 0 Å². The van der Waals surface area contributed by atoms with Crippen LogP contribution in [-0.4, -0.2) is 5.78 Å². The number of carbonyl (C=O) groups is 1. The van der Waals surface area contributed by atoms with Crippen molar-refractivity contribution in [2.24, 2.45) is 5.92 Å². The van der Waals surface area contributed by atoms with E-state index >= 15 is 0 Å². The minimum Gasteiger partial charge on any atom is -0.295 e. The van der Waals surface area contributed by atoms with E-state index in [1.807, 2.05) is 12.1 Å². The van der Waals surface area contributed by atoms with Gasteiger partial charge in [-0.1, -0.05) is 54.6 Å². The number of fused-ring (bicyclic) bond motifs is 3. The number of carbonyl (C=O) groups excluding carboxylic acids is 1. The summed E-state index contributed by atoms with van der Waals surface area (Å²) < 4.78 is 0. The quantitative estimate of drug-likeness (QED) is 0.738. The monoisotopic (exact) mass is 288 g/mol. The van der Waals surface area contributed by atoms with Crippen molar-refractivity contribution in [1.29, 1.82) is 0 Å². The van der Waals surface area contributed by atoms with Gasteiger partial charge in [-0.05, 0) is 59.4 Å². The highest BCUT2D eigenvalue weighted by molar-refractivity contribution is 6.00. The van der Waals surface area contributed by atoms with E-state index in [9.17, 15) is 4.79 Å². The van der Waals surface area contributed by atoms with Gasteiger partial charge in [-0.2, -0.15) is 0 Å². The molecule has 2 atom stereocenters. The van der Waals surface area contributed by atoms with Crippen LogP contribution in [0.15, 0.2) is 60.7 Å². The molecule has 4 rings (SSSR count). The van der Waals surface area contributed by atoms with Gasteiger partial charge in [-0.25, -0.2) is 0 Å². The van der Waals surface area contributed by atoms with Crippen LogP contribution in [0.4, 0.5) is 0 Å². The largest absolute Gasteiger partial charge is 0.295 e. The Balaban J connectivity index is 1.82. The number of ketones is 1. The average molecular weight is 288 g/mol. The number of hydrogen-bond acceptors (Lipinski definition) is 1. The first-order valence-corrected chi connectivity index (χ1v) is 8.20. The van der Waals surface area contributed by atoms with E-state index in [2.05, 4.69) is 48.5 Å². The molecule has 0 bridgehead atoms. The molecule has 0 spiro atoms. The molecule has 1 heteroatoms. The maximum atomic E-state index is 12.3. The van der Waals surface area contributed by atoms with Gasteiger partial charge in [0.15, 0.2) is 5.78 Å². The van der Waals surface area contributed by atoms with Crippen molar-refractivity contribution < 1.29 is 4.79 Å². The predicted octanol–water partition coefficient (Wildman–Crippen LogP) is 4.78. The molecule has 0 heterocycles. The van der Waals surface area contributed by atoms with Gasteiger partial charge in [0.25, 0.3) is 0 Å². The molecule has 1 nitrogen and oxygen atoms in total. The van der Waals surface area contributed by atoms with Crippen LogP contribution >= 0.6 is 0 Å². The van der Waals surface area contributed by atoms with Gasteiger partial charge in [0.1, 0.15) is 0 Å². The van der Waals surface area contributed by atoms with E-state index in [0.717, 1.165) is 6.42 Å². The van der Waals surface area contributed by atoms with E-state index in [1.54, 1.807) is 0 Å². The van der Waals surface area contributed by atoms with E-state index in [0.29, 0.717) is 18.3 Å². The highest BCUT2D eigenvalue weighted by Gasteiger charge is 2.34. The maximum absolute atomic E-state index is 12.3. The third-order valence-electron chi connectivity index (χ3n) is 5.14. The van der Waals surface area contributed by atoms with Crippen LogP contribution < -0.4 is 0 Å². The molecule has 0 unspecified atom stereocenters. The normalized spacial score (nSPS) is 24.0. The van der Waals surface area contributed by atoms with Gasteiger partial charge in [0, 0.05) is 6.42 Å². The fraction of sp³-hybridized carbons (Fsp3) is 0.286. The summed E-state index contributed by atoms with van der Waals surface area (Å²) in [6.45, 7) is 0. The Morgan fingerprint density at radius 2 is 1.64 bits per heavy atom. The van der Waals surface area contributed by atoms with Crippen LogP contribution in [0.2, 0.25) is 0 Å². The lowest BCUT2D eigenvalue weighted by atomic mass is 9.71. The summed E-state index contributed by atoms with van der Waals surface area (Å²) in [6.07, 6.45) is 6.08. The van der Waals surface area contributed by atoms with Crippen LogP contribution in [0.1, 0.15) is 41.9 Å². The Morgan fingerprint density at radius 3 is 2.50 bits per heavy atom. The molecule has 0 aliphatic heterocycles. The van der Waals surface area contributed by atoms with E-state index in [4.69, 9.17) is 0 Å². The molecule has 2 aliphatic rings. The summed E-state index contributed by atoms with van der Waals surface area (Å²) in [5.41, 5.74) is 5.29. The standard InChI is InChI=1S/C21H20O/c22-17-13-20(16-7-2-1-3-8-16)19-12-6-10-15-9-4-5-11-18(15)21(19)14-17/h1-5,7-9,11,14,19-20H,6,10,12-13H2/t19-,20+/m0/s1. The molecule has 0 N–H and O–H groups in total. The fourth-order valence-corrected chi connectivity index (χ4v) is 4.13. The Labute approximate surface area is 131 Å². The highest BCUT2D eigenvalue weighted by Crippen LogP contribution is 2.46. The Bertz CT molecular complexity index is 727. The van der Waals surface area contributed by atoms with Crippen LogP contribution in [0.25, 0.3) is 5.57 Å². The molecule has 2 aliphatic carbocycles. The molecule has 110 valence electrons. The predicted molar refractivity (Wildman–Crippen MR) is 89.7 cm³/mol. The molecule has 2 aromatic rings. The molecule has 0 aromatic heterocycles. The Morgan fingerprint density at radius 1 is 0.864 bits per heavy atom. The first-order chi connectivity index (χ1) is 10.8. The van der Waals surface area contributed by atoms with Gasteiger partial charge in [-0.15, -0.1) is 0 Å². The third kappa shape index (κ3) is 2.31. The van der Waals surface area contributed by atoms with Crippen molar-refractivity contribution in [3.63, 3.8) is 0 Å². The van der Waals surface area contributed by atoms with Crippen LogP contribution in [0.3, 0.4) is 0 Å². The molecule has 0 saturated carbocycles. The highest BCUT2D eigenvalue weighted by atomic mass is 16.1. The number of rotatable bonds is 1. The maximum Gasteiger partial charge on any atom is 0.156 e. The third-order valence-corrected chi connectivity index (χ3v) is 5.14. The van der Waals surface area contributed by atoms with Crippen LogP contribution in [0, 0.1) is 5.92 Å². The number of benzene rings is 2. The topological polar surface area (TPSA) is 17.1 Å². The van der Waals surface area contributed by atoms with Gasteiger partial charge in [0.2, 0.25) is 0 Å². The second-order valence-electron chi connectivity index (χ2n) is 6.44. The lowest BCUT2D eigenvalue weighted by Crippen LogP contribution is -2.22. The van der Waals surface area contributed by atoms with E-state index in [-0.39, 0.29) is 5.78 Å². The zero-order valence-corrected chi connectivity index (χ0v) is 12.7. The number of allylic oxidation sites excluding steroid dienone is 2. The van der Waals surface area contributed by atoms with Crippen molar-refractivity contribution in [1.82, 2.24) is 0 Å². The summed E-state index contributed by atoms with van der Waals surface area (Å²) >= 11 is 0. The molecule has 0 fully saturated rings. The average Bonchev–Trinajstić information content (AvgIpc) is 2.75. The molecule has 0 amide bonds. The summed E-state index contributed by atoms with van der Waals surface area (Å²) in [5.74, 6) is 1.08. The molecule has 2 aromatic carbocycles. The van der Waals surface area contributed by atoms with Gasteiger partial charge in [0.05, 0.1) is 0 Å². The smallest absolute Gasteiger partial charge is 0.156 e. The van der Waals surface area contributed by atoms with E-state index < -0.39 is 0 Å². The molecule has 22 heavy (non-hydrogen) atoms. The zero-order chi connectivity index (χ0) is 14.9. The van der Waals surface area contributed by atoms with Crippen molar-refractivity contribution in [2.45, 2.75) is 31.6 Å². The summed E-state index contributed by atoms with van der Waals surface area (Å²) in [5, 5.41) is 0. The Kier molecular flexibility index (Phi) is 3.42.